The van der Waals surface area contributed by atoms with Gasteiger partial charge in [0.2, 0.25) is 0 Å². The SMILES string of the molecule is Cn1c(=O)oc2cc(C3(CCS)COC3)ccc21. The Balaban J connectivity index is 2.10. The Bertz CT molecular complexity index is 639. The predicted molar refractivity (Wildman–Crippen MR) is 72.4 cm³/mol. The van der Waals surface area contributed by atoms with Crippen molar-refractivity contribution in [3.05, 3.63) is 34.3 Å². The zero-order chi connectivity index (χ0) is 12.8. The normalized spacial score (nSPS) is 17.9. The number of ether oxygens (including phenoxy) is 1. The number of aryl methyl sites for hydroxylation is 1. The van der Waals surface area contributed by atoms with Crippen molar-refractivity contribution >= 4 is 23.7 Å². The molecule has 18 heavy (non-hydrogen) atoms. The number of hydrogen-bond donors (Lipinski definition) is 1. The van der Waals surface area contributed by atoms with Gasteiger partial charge in [-0.15, -0.1) is 0 Å². The molecule has 0 aliphatic carbocycles. The molecule has 1 fully saturated rings. The Morgan fingerprint density at radius 3 is 2.83 bits per heavy atom. The molecule has 2 heterocycles. The molecule has 0 bridgehead atoms. The third-order valence-electron chi connectivity index (χ3n) is 3.75. The van der Waals surface area contributed by atoms with Crippen LogP contribution in [0.4, 0.5) is 0 Å². The highest BCUT2D eigenvalue weighted by Crippen LogP contribution is 2.37. The maximum absolute atomic E-state index is 11.5. The fraction of sp³-hybridized carbons (Fsp3) is 0.462. The van der Waals surface area contributed by atoms with Gasteiger partial charge >= 0.3 is 5.76 Å². The van der Waals surface area contributed by atoms with Crippen molar-refractivity contribution in [2.75, 3.05) is 19.0 Å². The fourth-order valence-electron chi connectivity index (χ4n) is 2.48. The van der Waals surface area contributed by atoms with E-state index in [1.807, 2.05) is 12.1 Å². The maximum atomic E-state index is 11.5. The first kappa shape index (κ1) is 11.9. The highest BCUT2D eigenvalue weighted by molar-refractivity contribution is 7.80. The van der Waals surface area contributed by atoms with Crippen LogP contribution >= 0.6 is 12.6 Å². The molecule has 1 saturated heterocycles. The number of hydrogen-bond acceptors (Lipinski definition) is 4. The average molecular weight is 265 g/mol. The second-order valence-electron chi connectivity index (χ2n) is 4.86. The fourth-order valence-corrected chi connectivity index (χ4v) is 2.91. The molecule has 3 rings (SSSR count). The summed E-state index contributed by atoms with van der Waals surface area (Å²) in [6, 6.07) is 5.96. The Morgan fingerprint density at radius 2 is 2.22 bits per heavy atom. The zero-order valence-electron chi connectivity index (χ0n) is 10.2. The lowest BCUT2D eigenvalue weighted by Crippen LogP contribution is -2.47. The van der Waals surface area contributed by atoms with Crippen molar-refractivity contribution in [1.29, 1.82) is 0 Å². The molecule has 5 heteroatoms. The van der Waals surface area contributed by atoms with Gasteiger partial charge in [0.15, 0.2) is 5.58 Å². The molecule has 0 atom stereocenters. The van der Waals surface area contributed by atoms with E-state index >= 15 is 0 Å². The minimum Gasteiger partial charge on any atom is -0.408 e. The summed E-state index contributed by atoms with van der Waals surface area (Å²) in [6.07, 6.45) is 0.971. The van der Waals surface area contributed by atoms with Gasteiger partial charge in [-0.3, -0.25) is 4.57 Å². The van der Waals surface area contributed by atoms with E-state index in [0.717, 1.165) is 30.9 Å². The van der Waals surface area contributed by atoms with Gasteiger partial charge < -0.3 is 9.15 Å². The third kappa shape index (κ3) is 1.61. The number of benzene rings is 1. The smallest absolute Gasteiger partial charge is 0.408 e. The summed E-state index contributed by atoms with van der Waals surface area (Å²) in [5.74, 6) is 0.496. The number of oxazole rings is 1. The molecule has 2 aromatic rings. The number of nitrogens with zero attached hydrogens (tertiary/aromatic N) is 1. The van der Waals surface area contributed by atoms with Crippen molar-refractivity contribution < 1.29 is 9.15 Å². The van der Waals surface area contributed by atoms with Crippen LogP contribution < -0.4 is 5.76 Å². The van der Waals surface area contributed by atoms with Crippen molar-refractivity contribution in [2.45, 2.75) is 11.8 Å². The van der Waals surface area contributed by atoms with Crippen LogP contribution in [0.2, 0.25) is 0 Å². The van der Waals surface area contributed by atoms with E-state index in [0.29, 0.717) is 5.58 Å². The van der Waals surface area contributed by atoms with Gasteiger partial charge in [0, 0.05) is 12.5 Å². The monoisotopic (exact) mass is 265 g/mol. The maximum Gasteiger partial charge on any atom is 0.419 e. The molecule has 0 N–H and O–H groups in total. The van der Waals surface area contributed by atoms with Crippen molar-refractivity contribution in [3.63, 3.8) is 0 Å². The van der Waals surface area contributed by atoms with Gasteiger partial charge in [-0.25, -0.2) is 4.79 Å². The van der Waals surface area contributed by atoms with Crippen LogP contribution in [0.25, 0.3) is 11.1 Å². The van der Waals surface area contributed by atoms with E-state index in [2.05, 4.69) is 18.7 Å². The van der Waals surface area contributed by atoms with Gasteiger partial charge in [-0.1, -0.05) is 6.07 Å². The summed E-state index contributed by atoms with van der Waals surface area (Å²) in [4.78, 5) is 11.5. The second-order valence-corrected chi connectivity index (χ2v) is 5.30. The first-order chi connectivity index (χ1) is 8.66. The standard InChI is InChI=1S/C13H15NO3S/c1-14-10-3-2-9(6-11(10)17-12(14)15)13(4-5-18)7-16-8-13/h2-3,6,18H,4-5,7-8H2,1H3. The van der Waals surface area contributed by atoms with Crippen LogP contribution in [0, 0.1) is 0 Å². The predicted octanol–water partition coefficient (Wildman–Crippen LogP) is 1.72. The Kier molecular flexibility index (Phi) is 2.75. The molecule has 0 spiro atoms. The largest absolute Gasteiger partial charge is 0.419 e. The van der Waals surface area contributed by atoms with Crippen LogP contribution in [-0.4, -0.2) is 23.5 Å². The number of aromatic nitrogens is 1. The van der Waals surface area contributed by atoms with Gasteiger partial charge in [0.1, 0.15) is 0 Å². The Morgan fingerprint density at radius 1 is 1.44 bits per heavy atom. The van der Waals surface area contributed by atoms with Gasteiger partial charge in [-0.05, 0) is 29.9 Å². The lowest BCUT2D eigenvalue weighted by Gasteiger charge is -2.41. The zero-order valence-corrected chi connectivity index (χ0v) is 11.1. The van der Waals surface area contributed by atoms with E-state index in [1.54, 1.807) is 7.05 Å². The lowest BCUT2D eigenvalue weighted by atomic mass is 9.76. The molecular weight excluding hydrogens is 250 g/mol. The summed E-state index contributed by atoms with van der Waals surface area (Å²) in [5, 5.41) is 0. The average Bonchev–Trinajstić information content (AvgIpc) is 2.59. The molecule has 0 saturated carbocycles. The molecule has 0 unspecified atom stereocenters. The Labute approximate surface area is 110 Å². The van der Waals surface area contributed by atoms with Crippen molar-refractivity contribution in [2.24, 2.45) is 7.05 Å². The van der Waals surface area contributed by atoms with Crippen molar-refractivity contribution in [1.82, 2.24) is 4.57 Å². The van der Waals surface area contributed by atoms with Crippen LogP contribution in [0.5, 0.6) is 0 Å². The molecular formula is C13H15NO3S. The minimum absolute atomic E-state index is 0.0460. The molecule has 1 aromatic carbocycles. The first-order valence-corrected chi connectivity index (χ1v) is 6.58. The summed E-state index contributed by atoms with van der Waals surface area (Å²) < 4.78 is 12.1. The van der Waals surface area contributed by atoms with Crippen LogP contribution in [-0.2, 0) is 17.2 Å². The van der Waals surface area contributed by atoms with E-state index in [-0.39, 0.29) is 11.2 Å². The van der Waals surface area contributed by atoms with E-state index in [4.69, 9.17) is 9.15 Å². The summed E-state index contributed by atoms with van der Waals surface area (Å²) in [7, 11) is 1.71. The summed E-state index contributed by atoms with van der Waals surface area (Å²) in [5.41, 5.74) is 2.68. The molecule has 4 nitrogen and oxygen atoms in total. The third-order valence-corrected chi connectivity index (χ3v) is 3.98. The van der Waals surface area contributed by atoms with E-state index in [1.165, 1.54) is 10.1 Å². The molecule has 1 aliphatic heterocycles. The lowest BCUT2D eigenvalue weighted by molar-refractivity contribution is -0.0613. The highest BCUT2D eigenvalue weighted by Gasteiger charge is 2.39. The van der Waals surface area contributed by atoms with Crippen LogP contribution in [0.1, 0.15) is 12.0 Å². The van der Waals surface area contributed by atoms with Crippen molar-refractivity contribution in [3.8, 4) is 0 Å². The number of thiol groups is 1. The summed E-state index contributed by atoms with van der Waals surface area (Å²) in [6.45, 7) is 1.44. The molecule has 96 valence electrons. The second kappa shape index (κ2) is 4.17. The minimum atomic E-state index is -0.324. The highest BCUT2D eigenvalue weighted by atomic mass is 32.1. The molecule has 0 amide bonds. The number of rotatable bonds is 3. The van der Waals surface area contributed by atoms with Gasteiger partial charge in [0.05, 0.1) is 18.7 Å². The van der Waals surface area contributed by atoms with E-state index < -0.39 is 0 Å². The summed E-state index contributed by atoms with van der Waals surface area (Å²) >= 11 is 4.31. The number of fused-ring (bicyclic) bond motifs is 1. The Hall–Kier alpha value is -1.20. The molecule has 0 radical (unpaired) electrons. The van der Waals surface area contributed by atoms with Crippen LogP contribution in [0.3, 0.4) is 0 Å². The quantitative estimate of drug-likeness (QED) is 0.859. The van der Waals surface area contributed by atoms with E-state index in [9.17, 15) is 4.79 Å². The molecule has 1 aliphatic rings. The van der Waals surface area contributed by atoms with Crippen LogP contribution in [0.15, 0.2) is 27.4 Å². The topological polar surface area (TPSA) is 44.4 Å². The van der Waals surface area contributed by atoms with Gasteiger partial charge in [0.25, 0.3) is 0 Å². The first-order valence-electron chi connectivity index (χ1n) is 5.95. The molecule has 1 aromatic heterocycles. The van der Waals surface area contributed by atoms with Gasteiger partial charge in [-0.2, -0.15) is 12.6 Å².